The summed E-state index contributed by atoms with van der Waals surface area (Å²) in [6.45, 7) is 12.8. The number of nitrogens with one attached hydrogen (secondary N) is 1. The van der Waals surface area contributed by atoms with E-state index >= 15 is 0 Å². The highest BCUT2D eigenvalue weighted by molar-refractivity contribution is 5.38. The molecule has 0 bridgehead atoms. The minimum Gasteiger partial charge on any atom is -0.352 e. The van der Waals surface area contributed by atoms with Gasteiger partial charge in [-0.3, -0.25) is 4.90 Å². The molecule has 1 N–H and O–H groups in total. The number of nitrogens with zero attached hydrogens (tertiary/aromatic N) is 4. The van der Waals surface area contributed by atoms with Gasteiger partial charge in [-0.1, -0.05) is 13.8 Å². The van der Waals surface area contributed by atoms with Crippen LogP contribution in [0.25, 0.3) is 0 Å². The number of hydrogen-bond donors (Lipinski definition) is 1. The standard InChI is InChI=1S/C16H29N5/c1-12(2)8-17-9-15-6-7-16(19-18-15)21-10-13(3)20(5)14(4)11-21/h6-7,12-14,17H,8-11H2,1-5H3. The quantitative estimate of drug-likeness (QED) is 0.895. The van der Waals surface area contributed by atoms with Gasteiger partial charge in [0.2, 0.25) is 0 Å². The first-order valence-corrected chi connectivity index (χ1v) is 7.97. The van der Waals surface area contributed by atoms with E-state index in [-0.39, 0.29) is 0 Å². The summed E-state index contributed by atoms with van der Waals surface area (Å²) < 4.78 is 0. The monoisotopic (exact) mass is 291 g/mol. The second kappa shape index (κ2) is 7.18. The maximum atomic E-state index is 4.41. The maximum Gasteiger partial charge on any atom is 0.151 e. The van der Waals surface area contributed by atoms with E-state index < -0.39 is 0 Å². The number of aromatic nitrogens is 2. The fourth-order valence-electron chi connectivity index (χ4n) is 2.70. The van der Waals surface area contributed by atoms with Crippen molar-refractivity contribution in [2.75, 3.05) is 31.6 Å². The third-order valence-corrected chi connectivity index (χ3v) is 4.25. The zero-order valence-corrected chi connectivity index (χ0v) is 14.0. The average Bonchev–Trinajstić information content (AvgIpc) is 2.44. The van der Waals surface area contributed by atoms with Crippen LogP contribution in [0.5, 0.6) is 0 Å². The Morgan fingerprint density at radius 3 is 2.38 bits per heavy atom. The molecule has 1 aromatic heterocycles. The fourth-order valence-corrected chi connectivity index (χ4v) is 2.70. The maximum absolute atomic E-state index is 4.41. The molecule has 2 atom stereocenters. The van der Waals surface area contributed by atoms with Crippen LogP contribution in [0.15, 0.2) is 12.1 Å². The molecule has 118 valence electrons. The molecular formula is C16H29N5. The minimum absolute atomic E-state index is 0.544. The SMILES string of the molecule is CC(C)CNCc1ccc(N2CC(C)N(C)C(C)C2)nn1. The zero-order valence-electron chi connectivity index (χ0n) is 14.0. The van der Waals surface area contributed by atoms with Crippen molar-refractivity contribution in [1.29, 1.82) is 0 Å². The van der Waals surface area contributed by atoms with Gasteiger partial charge in [0, 0.05) is 31.7 Å². The number of rotatable bonds is 5. The second-order valence-electron chi connectivity index (χ2n) is 6.68. The van der Waals surface area contributed by atoms with Gasteiger partial charge >= 0.3 is 0 Å². The number of piperazine rings is 1. The second-order valence-corrected chi connectivity index (χ2v) is 6.68. The summed E-state index contributed by atoms with van der Waals surface area (Å²) in [5.74, 6) is 1.65. The number of likely N-dealkylation sites (N-methyl/N-ethyl adjacent to an activating group) is 1. The van der Waals surface area contributed by atoms with Crippen LogP contribution in [0.2, 0.25) is 0 Å². The summed E-state index contributed by atoms with van der Waals surface area (Å²) in [6.07, 6.45) is 0. The highest BCUT2D eigenvalue weighted by Crippen LogP contribution is 2.18. The van der Waals surface area contributed by atoms with Crippen LogP contribution < -0.4 is 10.2 Å². The molecule has 2 rings (SSSR count). The van der Waals surface area contributed by atoms with Gasteiger partial charge in [-0.15, -0.1) is 5.10 Å². The molecule has 0 radical (unpaired) electrons. The Morgan fingerprint density at radius 2 is 1.86 bits per heavy atom. The highest BCUT2D eigenvalue weighted by atomic mass is 15.3. The Balaban J connectivity index is 1.92. The lowest BCUT2D eigenvalue weighted by Gasteiger charge is -2.42. The third-order valence-electron chi connectivity index (χ3n) is 4.25. The summed E-state index contributed by atoms with van der Waals surface area (Å²) in [6, 6.07) is 5.28. The van der Waals surface area contributed by atoms with Gasteiger partial charge in [0.05, 0.1) is 5.69 Å². The van der Waals surface area contributed by atoms with Gasteiger partial charge in [0.15, 0.2) is 5.82 Å². The molecule has 1 saturated heterocycles. The first-order chi connectivity index (χ1) is 9.97. The smallest absolute Gasteiger partial charge is 0.151 e. The van der Waals surface area contributed by atoms with Crippen LogP contribution >= 0.6 is 0 Å². The van der Waals surface area contributed by atoms with Gasteiger partial charge in [0.1, 0.15) is 0 Å². The molecule has 1 aliphatic rings. The fraction of sp³-hybridized carbons (Fsp3) is 0.750. The molecule has 5 nitrogen and oxygen atoms in total. The topological polar surface area (TPSA) is 44.3 Å². The van der Waals surface area contributed by atoms with Gasteiger partial charge in [-0.05, 0) is 45.5 Å². The van der Waals surface area contributed by atoms with E-state index in [1.165, 1.54) is 0 Å². The molecule has 1 fully saturated rings. The summed E-state index contributed by atoms with van der Waals surface area (Å²) in [5, 5.41) is 12.2. The zero-order chi connectivity index (χ0) is 15.4. The Kier molecular flexibility index (Phi) is 5.53. The highest BCUT2D eigenvalue weighted by Gasteiger charge is 2.27. The largest absolute Gasteiger partial charge is 0.352 e. The molecular weight excluding hydrogens is 262 g/mol. The number of anilines is 1. The van der Waals surface area contributed by atoms with Crippen molar-refractivity contribution in [1.82, 2.24) is 20.4 Å². The van der Waals surface area contributed by atoms with Crippen LogP contribution in [0.3, 0.4) is 0 Å². The molecule has 2 heterocycles. The molecule has 2 unspecified atom stereocenters. The number of hydrogen-bond acceptors (Lipinski definition) is 5. The van der Waals surface area contributed by atoms with Crippen LogP contribution in [0.1, 0.15) is 33.4 Å². The van der Waals surface area contributed by atoms with E-state index in [9.17, 15) is 0 Å². The van der Waals surface area contributed by atoms with Crippen molar-refractivity contribution in [3.8, 4) is 0 Å². The lowest BCUT2D eigenvalue weighted by Crippen LogP contribution is -2.55. The van der Waals surface area contributed by atoms with Crippen LogP contribution in [-0.4, -0.2) is 53.9 Å². The van der Waals surface area contributed by atoms with Crippen LogP contribution in [-0.2, 0) is 6.54 Å². The molecule has 21 heavy (non-hydrogen) atoms. The molecule has 0 spiro atoms. The van der Waals surface area contributed by atoms with Crippen molar-refractivity contribution in [2.24, 2.45) is 5.92 Å². The lowest BCUT2D eigenvalue weighted by molar-refractivity contribution is 0.169. The van der Waals surface area contributed by atoms with E-state index in [0.29, 0.717) is 18.0 Å². The first kappa shape index (κ1) is 16.2. The Hall–Kier alpha value is -1.20. The Bertz CT molecular complexity index is 419. The predicted molar refractivity (Wildman–Crippen MR) is 87.5 cm³/mol. The molecule has 0 aromatic carbocycles. The summed E-state index contributed by atoms with van der Waals surface area (Å²) in [4.78, 5) is 4.77. The summed E-state index contributed by atoms with van der Waals surface area (Å²) >= 11 is 0. The minimum atomic E-state index is 0.544. The van der Waals surface area contributed by atoms with E-state index in [2.05, 4.69) is 72.2 Å². The Labute approximate surface area is 128 Å². The first-order valence-electron chi connectivity index (χ1n) is 7.97. The predicted octanol–water partition coefficient (Wildman–Crippen LogP) is 1.75. The van der Waals surface area contributed by atoms with Crippen LogP contribution in [0, 0.1) is 5.92 Å². The van der Waals surface area contributed by atoms with E-state index in [4.69, 9.17) is 0 Å². The molecule has 0 aliphatic carbocycles. The molecule has 1 aromatic rings. The van der Waals surface area contributed by atoms with Crippen molar-refractivity contribution < 1.29 is 0 Å². The van der Waals surface area contributed by atoms with Crippen molar-refractivity contribution in [2.45, 2.75) is 46.3 Å². The van der Waals surface area contributed by atoms with Crippen molar-refractivity contribution >= 4 is 5.82 Å². The third kappa shape index (κ3) is 4.38. The van der Waals surface area contributed by atoms with Gasteiger partial charge in [0.25, 0.3) is 0 Å². The molecule has 5 heteroatoms. The molecule has 1 aliphatic heterocycles. The summed E-state index contributed by atoms with van der Waals surface area (Å²) in [7, 11) is 2.20. The van der Waals surface area contributed by atoms with Gasteiger partial charge in [-0.25, -0.2) is 0 Å². The van der Waals surface area contributed by atoms with Gasteiger partial charge < -0.3 is 10.2 Å². The Morgan fingerprint density at radius 1 is 1.19 bits per heavy atom. The van der Waals surface area contributed by atoms with Crippen molar-refractivity contribution in [3.05, 3.63) is 17.8 Å². The average molecular weight is 291 g/mol. The van der Waals surface area contributed by atoms with Gasteiger partial charge in [-0.2, -0.15) is 5.10 Å². The molecule has 0 amide bonds. The van der Waals surface area contributed by atoms with Crippen molar-refractivity contribution in [3.63, 3.8) is 0 Å². The normalized spacial score (nSPS) is 23.8. The van der Waals surface area contributed by atoms with E-state index in [1.807, 2.05) is 0 Å². The van der Waals surface area contributed by atoms with E-state index in [0.717, 1.165) is 37.7 Å². The summed E-state index contributed by atoms with van der Waals surface area (Å²) in [5.41, 5.74) is 1.01. The van der Waals surface area contributed by atoms with E-state index in [1.54, 1.807) is 0 Å². The molecule has 0 saturated carbocycles. The van der Waals surface area contributed by atoms with Crippen LogP contribution in [0.4, 0.5) is 5.82 Å². The lowest BCUT2D eigenvalue weighted by atomic mass is 10.1.